The van der Waals surface area contributed by atoms with Crippen molar-refractivity contribution in [2.45, 2.75) is 26.9 Å². The highest BCUT2D eigenvalue weighted by Gasteiger charge is 2.15. The molecule has 0 aliphatic rings. The van der Waals surface area contributed by atoms with Crippen molar-refractivity contribution in [1.82, 2.24) is 9.88 Å². The predicted molar refractivity (Wildman–Crippen MR) is 132 cm³/mol. The zero-order chi connectivity index (χ0) is 22.7. The summed E-state index contributed by atoms with van der Waals surface area (Å²) in [6, 6.07) is 22.1. The highest BCUT2D eigenvalue weighted by molar-refractivity contribution is 7.80. The second-order valence-electron chi connectivity index (χ2n) is 7.99. The third kappa shape index (κ3) is 5.21. The number of aryl methyl sites for hydroxylation is 2. The number of fused-ring (bicyclic) bond motifs is 1. The lowest BCUT2D eigenvalue weighted by atomic mass is 10.1. The van der Waals surface area contributed by atoms with Gasteiger partial charge in [0.05, 0.1) is 6.54 Å². The molecular formula is C26H24FN3OS. The molecule has 4 nitrogen and oxygen atoms in total. The molecule has 1 heterocycles. The standard InChI is InChI=1S/C26H24FN3OS/c1-17-4-11-23(12-5-17)28-26(32)30(15-19-6-9-22(27)10-7-19)16-21-14-20-8-3-18(2)13-24(20)29-25(21)31/h3-14H,15-16H2,1-2H3,(H,28,32)(H,29,31). The number of aromatic amines is 1. The minimum absolute atomic E-state index is 0.148. The van der Waals surface area contributed by atoms with Gasteiger partial charge in [0.2, 0.25) is 0 Å². The van der Waals surface area contributed by atoms with Crippen LogP contribution in [0.2, 0.25) is 0 Å². The van der Waals surface area contributed by atoms with Crippen LogP contribution in [0.25, 0.3) is 10.9 Å². The average Bonchev–Trinajstić information content (AvgIpc) is 2.77. The third-order valence-electron chi connectivity index (χ3n) is 5.32. The normalized spacial score (nSPS) is 10.8. The first-order valence-corrected chi connectivity index (χ1v) is 10.8. The molecular weight excluding hydrogens is 421 g/mol. The predicted octanol–water partition coefficient (Wildman–Crippen LogP) is 5.68. The van der Waals surface area contributed by atoms with E-state index in [0.717, 1.165) is 33.3 Å². The number of hydrogen-bond acceptors (Lipinski definition) is 2. The number of hydrogen-bond donors (Lipinski definition) is 2. The molecule has 4 rings (SSSR count). The van der Waals surface area contributed by atoms with E-state index in [4.69, 9.17) is 12.2 Å². The summed E-state index contributed by atoms with van der Waals surface area (Å²) < 4.78 is 13.4. The highest BCUT2D eigenvalue weighted by atomic mass is 32.1. The average molecular weight is 446 g/mol. The number of nitrogens with zero attached hydrogens (tertiary/aromatic N) is 1. The Morgan fingerprint density at radius 2 is 1.62 bits per heavy atom. The largest absolute Gasteiger partial charge is 0.340 e. The second kappa shape index (κ2) is 9.32. The summed E-state index contributed by atoms with van der Waals surface area (Å²) in [6.45, 7) is 4.76. The topological polar surface area (TPSA) is 48.1 Å². The first-order chi connectivity index (χ1) is 15.4. The van der Waals surface area contributed by atoms with E-state index in [1.807, 2.05) is 67.3 Å². The van der Waals surface area contributed by atoms with Crippen LogP contribution in [0.3, 0.4) is 0 Å². The van der Waals surface area contributed by atoms with Crippen LogP contribution < -0.4 is 10.9 Å². The molecule has 0 amide bonds. The number of rotatable bonds is 5. The number of pyridine rings is 1. The third-order valence-corrected chi connectivity index (χ3v) is 5.68. The summed E-state index contributed by atoms with van der Waals surface area (Å²) in [6.07, 6.45) is 0. The summed E-state index contributed by atoms with van der Waals surface area (Å²) in [4.78, 5) is 17.7. The second-order valence-corrected chi connectivity index (χ2v) is 8.38. The maximum Gasteiger partial charge on any atom is 0.253 e. The van der Waals surface area contributed by atoms with Crippen LogP contribution in [0.1, 0.15) is 22.3 Å². The fourth-order valence-electron chi connectivity index (χ4n) is 3.53. The SMILES string of the molecule is Cc1ccc(NC(=S)N(Cc2ccc(F)cc2)Cc2cc3ccc(C)cc3[nH]c2=O)cc1. The number of halogens is 1. The van der Waals surface area contributed by atoms with Crippen molar-refractivity contribution < 1.29 is 4.39 Å². The van der Waals surface area contributed by atoms with Gasteiger partial charge in [-0.25, -0.2) is 4.39 Å². The molecule has 0 unspecified atom stereocenters. The van der Waals surface area contributed by atoms with E-state index in [-0.39, 0.29) is 11.4 Å². The molecule has 0 aliphatic carbocycles. The van der Waals surface area contributed by atoms with Crippen LogP contribution in [0, 0.1) is 19.7 Å². The Morgan fingerprint density at radius 1 is 0.938 bits per heavy atom. The van der Waals surface area contributed by atoms with Crippen LogP contribution in [-0.2, 0) is 13.1 Å². The maximum atomic E-state index is 13.4. The Kier molecular flexibility index (Phi) is 6.32. The fourth-order valence-corrected chi connectivity index (χ4v) is 3.78. The molecule has 0 bridgehead atoms. The van der Waals surface area contributed by atoms with E-state index in [0.29, 0.717) is 23.8 Å². The molecule has 0 spiro atoms. The smallest absolute Gasteiger partial charge is 0.253 e. The van der Waals surface area contributed by atoms with Crippen LogP contribution in [0.15, 0.2) is 77.6 Å². The molecule has 0 radical (unpaired) electrons. The zero-order valence-electron chi connectivity index (χ0n) is 18.0. The summed E-state index contributed by atoms with van der Waals surface area (Å²) >= 11 is 5.70. The molecule has 0 atom stereocenters. The van der Waals surface area contributed by atoms with Crippen LogP contribution >= 0.6 is 12.2 Å². The van der Waals surface area contributed by atoms with Crippen molar-refractivity contribution in [3.05, 3.63) is 111 Å². The lowest BCUT2D eigenvalue weighted by Crippen LogP contribution is -2.35. The first kappa shape index (κ1) is 21.7. The molecule has 1 aromatic heterocycles. The van der Waals surface area contributed by atoms with Crippen LogP contribution in [-0.4, -0.2) is 15.0 Å². The van der Waals surface area contributed by atoms with E-state index < -0.39 is 0 Å². The van der Waals surface area contributed by atoms with Gasteiger partial charge in [0, 0.05) is 23.3 Å². The molecule has 0 aliphatic heterocycles. The Morgan fingerprint density at radius 3 is 2.34 bits per heavy atom. The quantitative estimate of drug-likeness (QED) is 0.388. The van der Waals surface area contributed by atoms with Crippen molar-refractivity contribution in [1.29, 1.82) is 0 Å². The number of nitrogens with one attached hydrogen (secondary N) is 2. The molecule has 6 heteroatoms. The van der Waals surface area contributed by atoms with Gasteiger partial charge in [0.1, 0.15) is 5.82 Å². The summed E-state index contributed by atoms with van der Waals surface area (Å²) in [5.74, 6) is -0.290. The number of H-pyrrole nitrogens is 1. The summed E-state index contributed by atoms with van der Waals surface area (Å²) in [5, 5.41) is 4.71. The van der Waals surface area contributed by atoms with Crippen molar-refractivity contribution in [3.63, 3.8) is 0 Å². The summed E-state index contributed by atoms with van der Waals surface area (Å²) in [7, 11) is 0. The molecule has 3 aromatic carbocycles. The molecule has 0 saturated carbocycles. The lowest BCUT2D eigenvalue weighted by molar-refractivity contribution is 0.411. The minimum Gasteiger partial charge on any atom is -0.340 e. The van der Waals surface area contributed by atoms with Crippen LogP contribution in [0.5, 0.6) is 0 Å². The summed E-state index contributed by atoms with van der Waals surface area (Å²) in [5.41, 5.74) is 5.27. The lowest BCUT2D eigenvalue weighted by Gasteiger charge is -2.26. The van der Waals surface area contributed by atoms with E-state index in [9.17, 15) is 9.18 Å². The zero-order valence-corrected chi connectivity index (χ0v) is 18.8. The van der Waals surface area contributed by atoms with Gasteiger partial charge < -0.3 is 15.2 Å². The van der Waals surface area contributed by atoms with Gasteiger partial charge in [-0.2, -0.15) is 0 Å². The highest BCUT2D eigenvalue weighted by Crippen LogP contribution is 2.17. The van der Waals surface area contributed by atoms with Gasteiger partial charge >= 0.3 is 0 Å². The fraction of sp³-hybridized carbons (Fsp3) is 0.154. The van der Waals surface area contributed by atoms with Gasteiger partial charge in [-0.1, -0.05) is 42.0 Å². The monoisotopic (exact) mass is 445 g/mol. The van der Waals surface area contributed by atoms with E-state index in [2.05, 4.69) is 10.3 Å². The molecule has 162 valence electrons. The number of aromatic nitrogens is 1. The van der Waals surface area contributed by atoms with Gasteiger partial charge in [0.15, 0.2) is 5.11 Å². The molecule has 0 fully saturated rings. The molecule has 0 saturated heterocycles. The van der Waals surface area contributed by atoms with Crippen molar-refractivity contribution in [3.8, 4) is 0 Å². The molecule has 4 aromatic rings. The maximum absolute atomic E-state index is 13.4. The van der Waals surface area contributed by atoms with Gasteiger partial charge in [-0.15, -0.1) is 0 Å². The Bertz CT molecular complexity index is 1310. The van der Waals surface area contributed by atoms with Gasteiger partial charge in [-0.3, -0.25) is 4.79 Å². The van der Waals surface area contributed by atoms with E-state index >= 15 is 0 Å². The van der Waals surface area contributed by atoms with Crippen molar-refractivity contribution in [2.24, 2.45) is 0 Å². The molecule has 32 heavy (non-hydrogen) atoms. The van der Waals surface area contributed by atoms with Crippen LogP contribution in [0.4, 0.5) is 10.1 Å². The minimum atomic E-state index is -0.290. The Labute approximate surface area is 191 Å². The Hall–Kier alpha value is -3.51. The van der Waals surface area contributed by atoms with E-state index in [1.54, 1.807) is 12.1 Å². The molecule has 2 N–H and O–H groups in total. The van der Waals surface area contributed by atoms with Crippen molar-refractivity contribution in [2.75, 3.05) is 5.32 Å². The number of anilines is 1. The first-order valence-electron chi connectivity index (χ1n) is 10.4. The number of thiocarbonyl (C=S) groups is 1. The van der Waals surface area contributed by atoms with Gasteiger partial charge in [-0.05, 0) is 79.0 Å². The van der Waals surface area contributed by atoms with E-state index in [1.165, 1.54) is 12.1 Å². The van der Waals surface area contributed by atoms with Gasteiger partial charge in [0.25, 0.3) is 5.56 Å². The Balaban J connectivity index is 1.64. The number of benzene rings is 3. The van der Waals surface area contributed by atoms with Crippen molar-refractivity contribution >= 4 is 33.9 Å².